The van der Waals surface area contributed by atoms with Crippen LogP contribution in [0.5, 0.6) is 0 Å². The zero-order valence-corrected chi connectivity index (χ0v) is 11.9. The van der Waals surface area contributed by atoms with Crippen LogP contribution in [-0.4, -0.2) is 22.9 Å². The summed E-state index contributed by atoms with van der Waals surface area (Å²) < 4.78 is 4.78. The molecule has 1 aromatic heterocycles. The summed E-state index contributed by atoms with van der Waals surface area (Å²) in [6.45, 7) is 1.84. The molecular weight excluding hydrogens is 270 g/mol. The fourth-order valence-electron chi connectivity index (χ4n) is 2.03. The average molecular weight is 289 g/mol. The Labute approximate surface area is 123 Å². The Balaban J connectivity index is 2.01. The highest BCUT2D eigenvalue weighted by molar-refractivity contribution is 5.89. The summed E-state index contributed by atoms with van der Waals surface area (Å²) >= 11 is 0. The molecule has 0 aliphatic heterocycles. The maximum atomic E-state index is 12.1. The standard InChI is InChI=1S/C15H19N3O3/c1-11-14(10-21-18-11)17-15(20)16-13(8-5-9-19)12-6-3-2-4-7-12/h2-4,6-7,10,13,19H,5,8-9H2,1H3,(H2,16,17,20). The molecule has 0 saturated heterocycles. The van der Waals surface area contributed by atoms with Gasteiger partial charge in [-0.2, -0.15) is 0 Å². The molecule has 3 N–H and O–H groups in total. The minimum absolute atomic E-state index is 0.0946. The maximum Gasteiger partial charge on any atom is 0.319 e. The summed E-state index contributed by atoms with van der Waals surface area (Å²) in [6, 6.07) is 9.19. The van der Waals surface area contributed by atoms with Gasteiger partial charge in [-0.3, -0.25) is 0 Å². The second kappa shape index (κ2) is 7.44. The third-order valence-corrected chi connectivity index (χ3v) is 3.16. The van der Waals surface area contributed by atoms with Crippen LogP contribution < -0.4 is 10.6 Å². The van der Waals surface area contributed by atoms with Crippen LogP contribution in [0.25, 0.3) is 0 Å². The molecule has 2 amide bonds. The minimum atomic E-state index is -0.326. The second-order valence-corrected chi connectivity index (χ2v) is 4.74. The van der Waals surface area contributed by atoms with Gasteiger partial charge in [-0.1, -0.05) is 35.5 Å². The molecule has 0 bridgehead atoms. The van der Waals surface area contributed by atoms with Crippen molar-refractivity contribution < 1.29 is 14.4 Å². The molecule has 0 spiro atoms. The normalized spacial score (nSPS) is 11.9. The Hall–Kier alpha value is -2.34. The molecule has 0 aliphatic rings. The third-order valence-electron chi connectivity index (χ3n) is 3.16. The van der Waals surface area contributed by atoms with E-state index in [2.05, 4.69) is 15.8 Å². The van der Waals surface area contributed by atoms with Crippen LogP contribution in [0.4, 0.5) is 10.5 Å². The van der Waals surface area contributed by atoms with Crippen LogP contribution in [0.15, 0.2) is 41.1 Å². The number of urea groups is 1. The smallest absolute Gasteiger partial charge is 0.319 e. The second-order valence-electron chi connectivity index (χ2n) is 4.74. The van der Waals surface area contributed by atoms with E-state index >= 15 is 0 Å². The van der Waals surface area contributed by atoms with E-state index in [0.717, 1.165) is 5.56 Å². The van der Waals surface area contributed by atoms with Crippen LogP contribution in [0.3, 0.4) is 0 Å². The van der Waals surface area contributed by atoms with Gasteiger partial charge in [-0.15, -0.1) is 0 Å². The molecular formula is C15H19N3O3. The van der Waals surface area contributed by atoms with Crippen molar-refractivity contribution in [3.63, 3.8) is 0 Å². The van der Waals surface area contributed by atoms with E-state index in [0.29, 0.717) is 24.2 Å². The Morgan fingerprint density at radius 3 is 2.76 bits per heavy atom. The number of carbonyl (C=O) groups excluding carboxylic acids is 1. The van der Waals surface area contributed by atoms with Gasteiger partial charge in [-0.05, 0) is 25.3 Å². The van der Waals surface area contributed by atoms with Gasteiger partial charge in [-0.25, -0.2) is 4.79 Å². The minimum Gasteiger partial charge on any atom is -0.396 e. The predicted octanol–water partition coefficient (Wildman–Crippen LogP) is 2.62. The number of carbonyl (C=O) groups is 1. The number of aliphatic hydroxyl groups is 1. The Kier molecular flexibility index (Phi) is 5.34. The number of rotatable bonds is 6. The van der Waals surface area contributed by atoms with Crippen molar-refractivity contribution in [2.24, 2.45) is 0 Å². The van der Waals surface area contributed by atoms with Gasteiger partial charge in [0.1, 0.15) is 17.6 Å². The monoisotopic (exact) mass is 289 g/mol. The molecule has 6 nitrogen and oxygen atoms in total. The lowest BCUT2D eigenvalue weighted by molar-refractivity contribution is 0.243. The topological polar surface area (TPSA) is 87.4 Å². The van der Waals surface area contributed by atoms with Crippen LogP contribution in [-0.2, 0) is 0 Å². The van der Waals surface area contributed by atoms with Crippen molar-refractivity contribution >= 4 is 11.7 Å². The van der Waals surface area contributed by atoms with E-state index in [4.69, 9.17) is 9.63 Å². The number of hydrogen-bond acceptors (Lipinski definition) is 4. The highest BCUT2D eigenvalue weighted by Gasteiger charge is 2.15. The number of anilines is 1. The van der Waals surface area contributed by atoms with Gasteiger partial charge in [0.2, 0.25) is 0 Å². The van der Waals surface area contributed by atoms with Crippen molar-refractivity contribution in [3.8, 4) is 0 Å². The molecule has 1 unspecified atom stereocenters. The van der Waals surface area contributed by atoms with E-state index < -0.39 is 0 Å². The summed E-state index contributed by atoms with van der Waals surface area (Å²) in [4.78, 5) is 12.1. The first-order valence-corrected chi connectivity index (χ1v) is 6.85. The van der Waals surface area contributed by atoms with Crippen LogP contribution in [0, 0.1) is 6.92 Å². The van der Waals surface area contributed by atoms with E-state index in [1.54, 1.807) is 6.92 Å². The van der Waals surface area contributed by atoms with Crippen molar-refractivity contribution in [1.82, 2.24) is 10.5 Å². The van der Waals surface area contributed by atoms with Gasteiger partial charge >= 0.3 is 6.03 Å². The number of hydrogen-bond donors (Lipinski definition) is 3. The van der Waals surface area contributed by atoms with E-state index in [-0.39, 0.29) is 18.7 Å². The average Bonchev–Trinajstić information content (AvgIpc) is 2.89. The highest BCUT2D eigenvalue weighted by atomic mass is 16.5. The number of nitrogens with zero attached hydrogens (tertiary/aromatic N) is 1. The van der Waals surface area contributed by atoms with Crippen LogP contribution >= 0.6 is 0 Å². The van der Waals surface area contributed by atoms with Gasteiger partial charge in [0.05, 0.1) is 6.04 Å². The molecule has 0 radical (unpaired) electrons. The zero-order valence-electron chi connectivity index (χ0n) is 11.9. The summed E-state index contributed by atoms with van der Waals surface area (Å²) in [7, 11) is 0. The molecule has 0 saturated carbocycles. The van der Waals surface area contributed by atoms with Gasteiger partial charge in [0, 0.05) is 6.61 Å². The molecule has 0 aliphatic carbocycles. The largest absolute Gasteiger partial charge is 0.396 e. The van der Waals surface area contributed by atoms with Crippen molar-refractivity contribution in [3.05, 3.63) is 47.9 Å². The van der Waals surface area contributed by atoms with Crippen molar-refractivity contribution in [2.45, 2.75) is 25.8 Å². The number of nitrogens with one attached hydrogen (secondary N) is 2. The summed E-state index contributed by atoms with van der Waals surface area (Å²) in [5.74, 6) is 0. The summed E-state index contributed by atoms with van der Waals surface area (Å²) in [6.07, 6.45) is 2.67. The molecule has 6 heteroatoms. The number of aromatic nitrogens is 1. The Bertz CT molecular complexity index is 569. The lowest BCUT2D eigenvalue weighted by Crippen LogP contribution is -2.32. The number of amides is 2. The summed E-state index contributed by atoms with van der Waals surface area (Å²) in [5, 5.41) is 18.3. The predicted molar refractivity (Wildman–Crippen MR) is 78.9 cm³/mol. The van der Waals surface area contributed by atoms with Crippen LogP contribution in [0.1, 0.15) is 30.1 Å². The highest BCUT2D eigenvalue weighted by Crippen LogP contribution is 2.19. The van der Waals surface area contributed by atoms with Crippen molar-refractivity contribution in [2.75, 3.05) is 11.9 Å². The molecule has 112 valence electrons. The number of aliphatic hydroxyl groups excluding tert-OH is 1. The summed E-state index contributed by atoms with van der Waals surface area (Å²) in [5.41, 5.74) is 2.17. The number of aryl methyl sites for hydroxylation is 1. The number of benzene rings is 1. The van der Waals surface area contributed by atoms with Crippen molar-refractivity contribution in [1.29, 1.82) is 0 Å². The van der Waals surface area contributed by atoms with Gasteiger partial charge < -0.3 is 20.3 Å². The van der Waals surface area contributed by atoms with E-state index in [1.807, 2.05) is 30.3 Å². The van der Waals surface area contributed by atoms with E-state index in [1.165, 1.54) is 6.26 Å². The molecule has 2 rings (SSSR count). The van der Waals surface area contributed by atoms with Crippen LogP contribution in [0.2, 0.25) is 0 Å². The molecule has 0 fully saturated rings. The third kappa shape index (κ3) is 4.32. The Morgan fingerprint density at radius 1 is 1.38 bits per heavy atom. The zero-order chi connectivity index (χ0) is 15.1. The van der Waals surface area contributed by atoms with E-state index in [9.17, 15) is 4.79 Å². The molecule has 21 heavy (non-hydrogen) atoms. The van der Waals surface area contributed by atoms with Gasteiger partial charge in [0.15, 0.2) is 0 Å². The first kappa shape index (κ1) is 15.1. The lowest BCUT2D eigenvalue weighted by Gasteiger charge is -2.19. The fraction of sp³-hybridized carbons (Fsp3) is 0.333. The fourth-order valence-corrected chi connectivity index (χ4v) is 2.03. The first-order valence-electron chi connectivity index (χ1n) is 6.85. The molecule has 1 heterocycles. The Morgan fingerprint density at radius 2 is 2.14 bits per heavy atom. The maximum absolute atomic E-state index is 12.1. The van der Waals surface area contributed by atoms with Gasteiger partial charge in [0.25, 0.3) is 0 Å². The molecule has 1 aromatic carbocycles. The molecule has 2 aromatic rings. The lowest BCUT2D eigenvalue weighted by atomic mass is 10.0. The SMILES string of the molecule is Cc1nocc1NC(=O)NC(CCCO)c1ccccc1. The quantitative estimate of drug-likeness (QED) is 0.763. The first-order chi connectivity index (χ1) is 10.2. The molecule has 1 atom stereocenters.